The number of hydrogen-bond acceptors (Lipinski definition) is 32. The summed E-state index contributed by atoms with van der Waals surface area (Å²) in [5.74, 6) is -1.41. The number of aromatic nitrogens is 2. The van der Waals surface area contributed by atoms with Crippen LogP contribution in [0.1, 0.15) is 180 Å². The summed E-state index contributed by atoms with van der Waals surface area (Å²) in [6.45, 7) is 18.4. The second-order valence-electron chi connectivity index (χ2n) is 27.3. The largest absolute Gasteiger partial charge is 0.748 e. The third-order valence-corrected chi connectivity index (χ3v) is 19.4. The Morgan fingerprint density at radius 3 is 1.05 bits per heavy atom. The van der Waals surface area contributed by atoms with Crippen LogP contribution >= 0.6 is 0 Å². The van der Waals surface area contributed by atoms with Crippen molar-refractivity contribution >= 4 is 169 Å². The van der Waals surface area contributed by atoms with Crippen LogP contribution in [0, 0.1) is 0 Å². The molecule has 0 saturated heterocycles. The number of fused-ring (bicyclic) bond motifs is 6. The number of carbonyl (C=O) groups excluding carboxylic acids is 5. The molecule has 4 heterocycles. The van der Waals surface area contributed by atoms with Gasteiger partial charge in [0.05, 0.1) is 31.1 Å². The number of amides is 1. The SMILES string of the molecule is CCCC(=O)c1cc(-c2ccc3c4c(ccc3c2)[N+](CCCS(=O)(=O)[O-])=C(/C=C/C=C/N(C(C)=O)c2ccccc2)C4(C)C)cc(C(=O)CCC)n1.CCCC(=O)c1cc(-c2ccc3c4c(ccc3c2)[N+](CCCS(=O)(=O)[O-])=C(/C=C/Nc2ccccc2)C4(C)C)cc(C(=O)CCC)n1.O=S(=O)=O.O=S(=O)=O.O=S(=O)=O.O=S(=O)=O.O=S(=O)=O.O=S(=O)=O. The fourth-order valence-corrected chi connectivity index (χ4v) is 14.2. The summed E-state index contributed by atoms with van der Waals surface area (Å²) < 4.78 is 225. The zero-order chi connectivity index (χ0) is 92.9. The van der Waals surface area contributed by atoms with Crippen molar-refractivity contribution in [1.29, 1.82) is 0 Å². The summed E-state index contributed by atoms with van der Waals surface area (Å²) in [4.78, 5) is 74.5. The fraction of sp³-hybridized carbons (Fsp3) is 0.312. The molecule has 2 aliphatic rings. The molecule has 0 atom stereocenters. The Hall–Kier alpha value is -11.8. The van der Waals surface area contributed by atoms with Crippen molar-refractivity contribution in [1.82, 2.24) is 9.97 Å². The van der Waals surface area contributed by atoms with Crippen LogP contribution in [0.4, 0.5) is 22.7 Å². The van der Waals surface area contributed by atoms with Gasteiger partial charge in [0.2, 0.25) is 17.3 Å². The van der Waals surface area contributed by atoms with Crippen molar-refractivity contribution in [3.63, 3.8) is 0 Å². The highest BCUT2D eigenvalue weighted by molar-refractivity contribution is 7.85. The molecule has 0 spiro atoms. The monoisotopic (exact) mass is 1850 g/mol. The molecule has 658 valence electrons. The summed E-state index contributed by atoms with van der Waals surface area (Å²) >= 11 is 0. The van der Waals surface area contributed by atoms with E-state index in [1.54, 1.807) is 41.4 Å². The first-order valence-corrected chi connectivity index (χ1v) is 46.0. The van der Waals surface area contributed by atoms with Gasteiger partial charge in [0.1, 0.15) is 35.9 Å². The predicted octanol–water partition coefficient (Wildman–Crippen LogP) is 10.1. The Bertz CT molecular complexity index is 6080. The van der Waals surface area contributed by atoms with E-state index in [-0.39, 0.29) is 41.9 Å². The van der Waals surface area contributed by atoms with Gasteiger partial charge in [0, 0.05) is 116 Å². The molecule has 2 aromatic heterocycles. The highest BCUT2D eigenvalue weighted by Gasteiger charge is 2.47. The van der Waals surface area contributed by atoms with E-state index in [1.807, 2.05) is 161 Å². The summed E-state index contributed by atoms with van der Waals surface area (Å²) in [5, 5.41) is 7.29. The quantitative estimate of drug-likeness (QED) is 0.0197. The first-order valence-electron chi connectivity index (χ1n) is 36.8. The molecular formula is C80H86N6O29S8. The average Bonchev–Trinajstić information content (AvgIpc) is 1.58. The maximum atomic E-state index is 12.9. The lowest BCUT2D eigenvalue weighted by molar-refractivity contribution is -0.437. The van der Waals surface area contributed by atoms with Crippen LogP contribution in [0.15, 0.2) is 182 Å². The first-order chi connectivity index (χ1) is 57.6. The minimum atomic E-state index is -4.39. The van der Waals surface area contributed by atoms with Gasteiger partial charge < -0.3 is 14.4 Å². The van der Waals surface area contributed by atoms with Crippen LogP contribution in [-0.2, 0) is 99.5 Å². The van der Waals surface area contributed by atoms with E-state index in [2.05, 4.69) is 64.3 Å². The molecule has 1 amide bonds. The third-order valence-electron chi connectivity index (χ3n) is 17.8. The van der Waals surface area contributed by atoms with Crippen LogP contribution in [0.2, 0.25) is 0 Å². The lowest BCUT2D eigenvalue weighted by Gasteiger charge is -2.18. The maximum absolute atomic E-state index is 12.9. The van der Waals surface area contributed by atoms with Crippen LogP contribution in [-0.4, -0.2) is 186 Å². The number of hydrogen-bond donors (Lipinski definition) is 1. The Morgan fingerprint density at radius 1 is 0.423 bits per heavy atom. The minimum Gasteiger partial charge on any atom is -0.748 e. The number of nitrogens with zero attached hydrogens (tertiary/aromatic N) is 5. The van der Waals surface area contributed by atoms with Gasteiger partial charge in [-0.2, -0.15) is 9.15 Å². The van der Waals surface area contributed by atoms with Gasteiger partial charge >= 0.3 is 63.7 Å². The van der Waals surface area contributed by atoms with Crippen LogP contribution in [0.3, 0.4) is 0 Å². The molecule has 0 bridgehead atoms. The molecule has 0 fully saturated rings. The van der Waals surface area contributed by atoms with Crippen LogP contribution < -0.4 is 10.2 Å². The van der Waals surface area contributed by atoms with Crippen LogP contribution in [0.5, 0.6) is 0 Å². The average molecular weight is 1850 g/mol. The smallest absolute Gasteiger partial charge is 0.425 e. The number of ketones is 4. The molecule has 43 heteroatoms. The molecule has 8 aromatic rings. The van der Waals surface area contributed by atoms with E-state index in [0.717, 1.165) is 89.1 Å². The number of Topliss-reactive ketones (excluding diaryl/α,β-unsaturated/α-hetero) is 4. The maximum Gasteiger partial charge on any atom is 0.425 e. The summed E-state index contributed by atoms with van der Waals surface area (Å²) in [5.41, 5.74) is 11.0. The number of nitrogens with one attached hydrogen (secondary N) is 1. The van der Waals surface area contributed by atoms with Gasteiger partial charge in [-0.1, -0.05) is 94.4 Å². The van der Waals surface area contributed by atoms with Crippen molar-refractivity contribution in [2.45, 2.75) is 137 Å². The molecule has 2 aliphatic heterocycles. The second-order valence-corrected chi connectivity index (χ2v) is 32.8. The molecule has 6 aromatic carbocycles. The molecule has 0 saturated carbocycles. The summed E-state index contributed by atoms with van der Waals surface area (Å²) in [6, 6.07) is 46.5. The number of carbonyl (C=O) groups is 5. The Balaban J connectivity index is 0.000000503. The predicted molar refractivity (Wildman–Crippen MR) is 451 cm³/mol. The Kier molecular flexibility index (Phi) is 43.3. The number of anilines is 2. The molecule has 0 unspecified atom stereocenters. The van der Waals surface area contributed by atoms with E-state index in [0.29, 0.717) is 87.2 Å². The van der Waals surface area contributed by atoms with E-state index in [4.69, 9.17) is 75.8 Å². The zero-order valence-electron chi connectivity index (χ0n) is 67.6. The molecule has 123 heavy (non-hydrogen) atoms. The van der Waals surface area contributed by atoms with Crippen molar-refractivity contribution in [3.8, 4) is 22.3 Å². The lowest BCUT2D eigenvalue weighted by Crippen LogP contribution is -2.28. The van der Waals surface area contributed by atoms with E-state index in [9.17, 15) is 49.9 Å². The molecule has 0 aliphatic carbocycles. The van der Waals surface area contributed by atoms with Gasteiger partial charge in [0.15, 0.2) is 34.6 Å². The zero-order valence-corrected chi connectivity index (χ0v) is 74.1. The lowest BCUT2D eigenvalue weighted by atomic mass is 9.78. The molecule has 35 nitrogen and oxygen atoms in total. The number of para-hydroxylation sites is 2. The van der Waals surface area contributed by atoms with Gasteiger partial charge in [-0.05, 0) is 176 Å². The molecule has 0 radical (unpaired) electrons. The molecular weight excluding hydrogens is 1770 g/mol. The van der Waals surface area contributed by atoms with Crippen molar-refractivity contribution < 1.29 is 135 Å². The van der Waals surface area contributed by atoms with Gasteiger partial charge in [-0.25, -0.2) is 26.8 Å². The third kappa shape index (κ3) is 35.3. The highest BCUT2D eigenvalue weighted by Crippen LogP contribution is 2.47. The van der Waals surface area contributed by atoms with Gasteiger partial charge in [-0.15, -0.1) is 75.8 Å². The van der Waals surface area contributed by atoms with Crippen molar-refractivity contribution in [2.75, 3.05) is 34.8 Å². The number of rotatable bonds is 29. The molecule has 1 N–H and O–H groups in total. The summed E-state index contributed by atoms with van der Waals surface area (Å²) in [6.07, 6.45) is 15.7. The highest BCUT2D eigenvalue weighted by atomic mass is 32.2. The van der Waals surface area contributed by atoms with E-state index >= 15 is 0 Å². The minimum absolute atomic E-state index is 0.0806. The second kappa shape index (κ2) is 50.6. The topological polar surface area (TPSA) is 554 Å². The normalized spacial score (nSPS) is 12.5. The number of benzene rings is 6. The molecule has 10 rings (SSSR count). The number of pyridine rings is 2. The summed E-state index contributed by atoms with van der Waals surface area (Å²) in [7, 11) is -27.4. The number of allylic oxidation sites excluding steroid dienone is 4. The fourth-order valence-electron chi connectivity index (χ4n) is 13.2. The van der Waals surface area contributed by atoms with E-state index < -0.39 is 106 Å². The van der Waals surface area contributed by atoms with Crippen molar-refractivity contribution in [2.24, 2.45) is 0 Å². The Labute approximate surface area is 719 Å². The van der Waals surface area contributed by atoms with Gasteiger partial charge in [-0.3, -0.25) is 28.9 Å². The van der Waals surface area contributed by atoms with Crippen LogP contribution in [0.25, 0.3) is 43.8 Å². The van der Waals surface area contributed by atoms with Gasteiger partial charge in [0.25, 0.3) is 0 Å². The first kappa shape index (κ1) is 105. The standard InChI is InChI=1S/C42H45N3O6S.C38H41N3O5S.6O3S/c1-6-14-38(47)35-27-32(28-36(43-35)39(48)15-7-2)30-19-21-34-31(26-30)20-22-37-41(34)42(4,5)40(45(37)24-13-25-52(49,50)51)18-11-12-23-44(29(3)46)33-16-9-8-10-17-33;1-5-11-34(42)31-24-28(25-32(40-31)35(43)12-6-2)26-15-17-30-27(23-26)16-18-33-37(30)38(3,4)36(41(33)21-10-22-47(44,45)46)19-20-39-29-13-8-7-9-14-29;6*1-4(2)3/h8-12,16-23,26-28H,6-7,13-15,24-25H2,1-5H3;7-9,13-20,23-25H,5-6,10-12,21-22H2,1-4H3,(H,44,45,46);;;;;;. The van der Waals surface area contributed by atoms with Crippen molar-refractivity contribution in [3.05, 3.63) is 216 Å². The van der Waals surface area contributed by atoms with E-state index in [1.165, 1.54) is 6.92 Å². The Morgan fingerprint density at radius 2 is 0.740 bits per heavy atom.